The van der Waals surface area contributed by atoms with Crippen LogP contribution in [0.4, 0.5) is 0 Å². The third kappa shape index (κ3) is 11.8. The number of nitrogens with zero attached hydrogens (tertiary/aromatic N) is 4. The first-order valence-electron chi connectivity index (χ1n) is 20.2. The Morgan fingerprint density at radius 1 is 0.557 bits per heavy atom. The molecule has 0 fully saturated rings. The Bertz CT molecular complexity index is 3280. The molecule has 0 radical (unpaired) electrons. The van der Waals surface area contributed by atoms with Crippen molar-refractivity contribution >= 4 is 95.2 Å². The fraction of sp³-hybridized carbons (Fsp3) is 0.0435. The van der Waals surface area contributed by atoms with Crippen LogP contribution in [0.3, 0.4) is 0 Å². The van der Waals surface area contributed by atoms with Crippen molar-refractivity contribution in [3.05, 3.63) is 199 Å². The maximum Gasteiger partial charge on any atom is 0.702 e. The molecule has 6 N–H and O–H groups in total. The lowest BCUT2D eigenvalue weighted by atomic mass is 10.1. The van der Waals surface area contributed by atoms with E-state index in [-0.39, 0.29) is 21.2 Å². The molecule has 2 aromatic heterocycles. The molecule has 2 amide bonds. The van der Waals surface area contributed by atoms with Gasteiger partial charge < -0.3 is 10.6 Å². The lowest BCUT2D eigenvalue weighted by Crippen LogP contribution is -2.31. The third-order valence-electron chi connectivity index (χ3n) is 10.3. The number of halogens is 4. The van der Waals surface area contributed by atoms with Crippen LogP contribution in [0.2, 0.25) is 10.0 Å². The van der Waals surface area contributed by atoms with E-state index in [2.05, 4.69) is 52.7 Å². The predicted molar refractivity (Wildman–Crippen MR) is 269 cm³/mol. The van der Waals surface area contributed by atoms with E-state index in [1.807, 2.05) is 0 Å². The molecule has 0 saturated heterocycles. The smallest absolute Gasteiger partial charge is 0.317 e. The molecule has 6 aromatic carbocycles. The Labute approximate surface area is 428 Å². The molecule has 0 aliphatic heterocycles. The molecule has 2 unspecified atom stereocenters. The summed E-state index contributed by atoms with van der Waals surface area (Å²) in [4.78, 5) is 28.2. The average Bonchev–Trinajstić information content (AvgIpc) is 3.98. The second-order valence-electron chi connectivity index (χ2n) is 14.9. The van der Waals surface area contributed by atoms with Crippen molar-refractivity contribution in [3.8, 4) is 33.9 Å². The van der Waals surface area contributed by atoms with Crippen LogP contribution in [-0.4, -0.2) is 48.2 Å². The Morgan fingerprint density at radius 2 is 0.900 bits per heavy atom. The second-order valence-corrected chi connectivity index (χ2v) is 21.6. The molecule has 0 saturated carbocycles. The number of sulfonamides is 2. The summed E-state index contributed by atoms with van der Waals surface area (Å²) < 4.78 is 78.3. The number of aromatic nitrogens is 4. The number of carbonyl (C=O) groups excluding carboxylic acids is 2. The van der Waals surface area contributed by atoms with Crippen molar-refractivity contribution < 1.29 is 40.0 Å². The van der Waals surface area contributed by atoms with Gasteiger partial charge in [-0.25, -0.2) is 36.5 Å². The molecule has 2 atom stereocenters. The van der Waals surface area contributed by atoms with Crippen LogP contribution < -0.4 is 20.9 Å². The summed E-state index contributed by atoms with van der Waals surface area (Å²) in [6.07, 6.45) is -2.88. The Kier molecular flexibility index (Phi) is 15.3. The van der Waals surface area contributed by atoms with Crippen molar-refractivity contribution in [1.29, 1.82) is 0 Å². The van der Waals surface area contributed by atoms with Gasteiger partial charge in [0.2, 0.25) is 32.5 Å². The Morgan fingerprint density at radius 3 is 1.23 bits per heavy atom. The van der Waals surface area contributed by atoms with E-state index in [4.69, 9.17) is 42.5 Å². The lowest BCUT2D eigenvalue weighted by molar-refractivity contribution is 0.0688. The number of nitrogens with two attached hydrogens (primary N) is 2. The van der Waals surface area contributed by atoms with Crippen LogP contribution in [0.5, 0.6) is 0 Å². The van der Waals surface area contributed by atoms with Crippen LogP contribution in [0, 0.1) is 0 Å². The van der Waals surface area contributed by atoms with Crippen molar-refractivity contribution in [2.24, 2.45) is 10.3 Å². The predicted octanol–water partition coefficient (Wildman–Crippen LogP) is 9.77. The summed E-state index contributed by atoms with van der Waals surface area (Å²) in [6, 6.07) is 40.8. The van der Waals surface area contributed by atoms with Gasteiger partial charge in [0.15, 0.2) is 11.4 Å². The van der Waals surface area contributed by atoms with Crippen LogP contribution >= 0.6 is 63.3 Å². The minimum Gasteiger partial charge on any atom is -0.317 e. The maximum absolute atomic E-state index is 14.2. The van der Waals surface area contributed by atoms with Crippen LogP contribution in [0.1, 0.15) is 44.6 Å². The standard InChI is InChI=1S/C46H33Br2Cl2N8O9PS2/c47-29-13-9-27(10-14-29)45(53-43(59)39-25-41(35-5-1-3-7-37(35)49)57(55-39)31-17-21-33(22-18-31)69(51,62)63)66-68(61)67-46(28-11-15-30(48)16-12-28)54-44(60)40-26-42(36-6-2-4-8-38(36)50)58(56-40)32-19-23-34(24-20-32)70(52,64)65/h1-26,45-46H,(H5-,51,52,53,54,59,60,62,63,64,65)/p+1. The molecule has 24 heteroatoms. The number of hydrogen-bond donors (Lipinski definition) is 4. The number of primary sulfonamides is 2. The molecule has 70 heavy (non-hydrogen) atoms. The van der Waals surface area contributed by atoms with E-state index in [0.29, 0.717) is 64.0 Å². The van der Waals surface area contributed by atoms with Gasteiger partial charge in [-0.2, -0.15) is 10.2 Å². The van der Waals surface area contributed by atoms with Crippen LogP contribution in [0.15, 0.2) is 176 Å². The van der Waals surface area contributed by atoms with Crippen molar-refractivity contribution in [2.45, 2.75) is 22.2 Å². The zero-order chi connectivity index (χ0) is 49.9. The van der Waals surface area contributed by atoms with Crippen molar-refractivity contribution in [3.63, 3.8) is 0 Å². The Hall–Kier alpha value is -5.94. The van der Waals surface area contributed by atoms with Gasteiger partial charge in [0, 0.05) is 45.8 Å². The summed E-state index contributed by atoms with van der Waals surface area (Å²) in [6.45, 7) is 0. The van der Waals surface area contributed by atoms with Gasteiger partial charge in [0.05, 0.1) is 32.6 Å². The highest BCUT2D eigenvalue weighted by atomic mass is 79.9. The summed E-state index contributed by atoms with van der Waals surface area (Å²) >= 11 is 20.0. The Balaban J connectivity index is 1.09. The number of carbonyl (C=O) groups is 2. The molecule has 356 valence electrons. The first-order chi connectivity index (χ1) is 33.3. The number of amides is 2. The fourth-order valence-electron chi connectivity index (χ4n) is 6.85. The molecular formula is C46H34Br2Cl2N8O9PS2+. The largest absolute Gasteiger partial charge is 0.702 e. The van der Waals surface area contributed by atoms with Crippen LogP contribution in [-0.2, 0) is 33.7 Å². The molecular weight excluding hydrogens is 1130 g/mol. The summed E-state index contributed by atoms with van der Waals surface area (Å²) in [5.74, 6) is -1.57. The first-order valence-corrected chi connectivity index (χ1v) is 26.8. The van der Waals surface area contributed by atoms with E-state index in [9.17, 15) is 31.0 Å². The van der Waals surface area contributed by atoms with Gasteiger partial charge in [-0.05, 0) is 97.1 Å². The third-order valence-corrected chi connectivity index (χ3v) is 14.6. The van der Waals surface area contributed by atoms with E-state index >= 15 is 0 Å². The van der Waals surface area contributed by atoms with Crippen molar-refractivity contribution in [2.75, 3.05) is 0 Å². The van der Waals surface area contributed by atoms with Gasteiger partial charge in [-0.15, -0.1) is 0 Å². The molecule has 17 nitrogen and oxygen atoms in total. The average molecular weight is 1170 g/mol. The van der Waals surface area contributed by atoms with Gasteiger partial charge in [0.1, 0.15) is 0 Å². The van der Waals surface area contributed by atoms with E-state index in [0.717, 1.165) is 0 Å². The minimum atomic E-state index is -4.02. The number of hydrogen-bond acceptors (Lipinski definition) is 11. The first kappa shape index (κ1) is 50.4. The maximum atomic E-state index is 14.2. The van der Waals surface area contributed by atoms with E-state index < -0.39 is 52.6 Å². The van der Waals surface area contributed by atoms with Gasteiger partial charge >= 0.3 is 8.25 Å². The normalized spacial score (nSPS) is 12.8. The summed E-state index contributed by atoms with van der Waals surface area (Å²) in [5, 5.41) is 25.9. The van der Waals surface area contributed by atoms with Gasteiger partial charge in [-0.3, -0.25) is 9.59 Å². The van der Waals surface area contributed by atoms with Crippen LogP contribution in [0.25, 0.3) is 33.9 Å². The lowest BCUT2D eigenvalue weighted by Gasteiger charge is -2.15. The topological polar surface area (TPSA) is 250 Å². The van der Waals surface area contributed by atoms with Gasteiger partial charge in [-0.1, -0.05) is 125 Å². The molecule has 0 aliphatic carbocycles. The molecule has 2 heterocycles. The highest BCUT2D eigenvalue weighted by molar-refractivity contribution is 9.10. The highest BCUT2D eigenvalue weighted by Crippen LogP contribution is 2.39. The summed E-state index contributed by atoms with van der Waals surface area (Å²) in [5.41, 5.74) is 2.86. The quantitative estimate of drug-likeness (QED) is 0.0523. The molecule has 0 aliphatic rings. The fourth-order valence-corrected chi connectivity index (χ4v) is 9.62. The molecule has 0 spiro atoms. The number of nitrogens with one attached hydrogen (secondary N) is 2. The van der Waals surface area contributed by atoms with E-state index in [1.165, 1.54) is 70.0 Å². The molecule has 0 bridgehead atoms. The molecule has 8 rings (SSSR count). The zero-order valence-electron chi connectivity index (χ0n) is 35.6. The monoisotopic (exact) mass is 1160 g/mol. The molecule has 8 aromatic rings. The number of benzene rings is 6. The number of rotatable bonds is 16. The zero-order valence-corrected chi connectivity index (χ0v) is 42.8. The summed E-state index contributed by atoms with van der Waals surface area (Å²) in [7, 11) is -11.2. The highest BCUT2D eigenvalue weighted by Gasteiger charge is 2.36. The SMILES string of the molecule is NS(=O)(=O)c1ccc(-n2nc(C(=O)NC(O[P+](=O)OC(NC(=O)c3cc(-c4ccccc4Cl)n(-c4ccc(S(N)(=O)=O)cc4)n3)c3ccc(Br)cc3)c3ccc(Br)cc3)cc2-c2ccccc2Cl)cc1. The van der Waals surface area contributed by atoms with E-state index in [1.54, 1.807) is 97.1 Å². The second kappa shape index (κ2) is 21.2. The van der Waals surface area contributed by atoms with Crippen molar-refractivity contribution in [1.82, 2.24) is 30.2 Å². The van der Waals surface area contributed by atoms with Gasteiger partial charge in [0.25, 0.3) is 11.8 Å². The minimum absolute atomic E-state index is 0.136.